The van der Waals surface area contributed by atoms with Crippen LogP contribution in [0, 0.1) is 12.8 Å². The van der Waals surface area contributed by atoms with Gasteiger partial charge in [-0.15, -0.1) is 0 Å². The molecule has 5 nitrogen and oxygen atoms in total. The summed E-state index contributed by atoms with van der Waals surface area (Å²) in [6, 6.07) is 0.501. The van der Waals surface area contributed by atoms with Crippen LogP contribution in [-0.2, 0) is 6.54 Å². The molecule has 1 saturated heterocycles. The van der Waals surface area contributed by atoms with Gasteiger partial charge in [-0.1, -0.05) is 11.6 Å². The number of hydrogen-bond donors (Lipinski definition) is 1. The molecule has 1 aliphatic heterocycles. The summed E-state index contributed by atoms with van der Waals surface area (Å²) in [6.07, 6.45) is 5.59. The molecule has 1 aromatic rings. The van der Waals surface area contributed by atoms with Crippen molar-refractivity contribution in [2.45, 2.75) is 57.7 Å². The van der Waals surface area contributed by atoms with E-state index < -0.39 is 0 Å². The Kier molecular flexibility index (Phi) is 3.35. The molecule has 2 heterocycles. The molecule has 2 aliphatic rings. The molecule has 100 valence electrons. The molecule has 1 aromatic heterocycles. The van der Waals surface area contributed by atoms with E-state index in [1.165, 1.54) is 12.8 Å². The monoisotopic (exact) mass is 251 g/mol. The number of rotatable bonds is 3. The van der Waals surface area contributed by atoms with Crippen LogP contribution in [0.4, 0.5) is 0 Å². The lowest BCUT2D eigenvalue weighted by Gasteiger charge is -2.30. The highest BCUT2D eigenvalue weighted by molar-refractivity contribution is 4.94. The lowest BCUT2D eigenvalue weighted by Crippen LogP contribution is -2.38. The Balaban J connectivity index is 1.67. The normalized spacial score (nSPS) is 33.3. The van der Waals surface area contributed by atoms with Gasteiger partial charge in [-0.25, -0.2) is 0 Å². The molecule has 0 amide bonds. The van der Waals surface area contributed by atoms with E-state index >= 15 is 0 Å². The van der Waals surface area contributed by atoms with E-state index in [4.69, 9.17) is 4.52 Å². The largest absolute Gasteiger partial charge is 0.393 e. The number of hydrogen-bond acceptors (Lipinski definition) is 5. The molecule has 5 heteroatoms. The van der Waals surface area contributed by atoms with Crippen LogP contribution in [0.15, 0.2) is 4.52 Å². The molecule has 3 rings (SSSR count). The molecule has 2 fully saturated rings. The van der Waals surface area contributed by atoms with Crippen molar-refractivity contribution in [2.24, 2.45) is 5.92 Å². The van der Waals surface area contributed by atoms with Crippen molar-refractivity contribution >= 4 is 0 Å². The second kappa shape index (κ2) is 4.97. The van der Waals surface area contributed by atoms with Gasteiger partial charge >= 0.3 is 0 Å². The van der Waals surface area contributed by atoms with Gasteiger partial charge in [-0.3, -0.25) is 4.90 Å². The van der Waals surface area contributed by atoms with Gasteiger partial charge in [-0.2, -0.15) is 4.98 Å². The van der Waals surface area contributed by atoms with Crippen molar-refractivity contribution in [3.8, 4) is 0 Å². The summed E-state index contributed by atoms with van der Waals surface area (Å²) in [4.78, 5) is 6.69. The molecule has 0 aromatic carbocycles. The van der Waals surface area contributed by atoms with Crippen LogP contribution >= 0.6 is 0 Å². The van der Waals surface area contributed by atoms with Crippen molar-refractivity contribution in [2.75, 3.05) is 6.54 Å². The average molecular weight is 251 g/mol. The van der Waals surface area contributed by atoms with E-state index in [0.717, 1.165) is 38.2 Å². The lowest BCUT2D eigenvalue weighted by atomic mass is 9.94. The molecule has 0 radical (unpaired) electrons. The summed E-state index contributed by atoms with van der Waals surface area (Å²) >= 11 is 0. The van der Waals surface area contributed by atoms with Crippen molar-refractivity contribution in [3.63, 3.8) is 0 Å². The Morgan fingerprint density at radius 1 is 1.33 bits per heavy atom. The van der Waals surface area contributed by atoms with Crippen LogP contribution in [0.1, 0.15) is 43.8 Å². The fourth-order valence-corrected chi connectivity index (χ4v) is 3.54. The second-order valence-corrected chi connectivity index (χ2v) is 5.57. The molecule has 1 aliphatic carbocycles. The Hall–Kier alpha value is -0.940. The maximum Gasteiger partial charge on any atom is 0.223 e. The first-order valence-electron chi connectivity index (χ1n) is 6.95. The summed E-state index contributed by atoms with van der Waals surface area (Å²) in [6.45, 7) is 3.66. The van der Waals surface area contributed by atoms with Gasteiger partial charge in [0.05, 0.1) is 12.6 Å². The smallest absolute Gasteiger partial charge is 0.223 e. The zero-order valence-electron chi connectivity index (χ0n) is 10.9. The molecular weight excluding hydrogens is 230 g/mol. The maximum absolute atomic E-state index is 10.1. The summed E-state index contributed by atoms with van der Waals surface area (Å²) in [5.41, 5.74) is 0. The Labute approximate surface area is 107 Å². The van der Waals surface area contributed by atoms with Crippen LogP contribution < -0.4 is 0 Å². The van der Waals surface area contributed by atoms with Gasteiger partial charge in [0.2, 0.25) is 5.89 Å². The van der Waals surface area contributed by atoms with Crippen molar-refractivity contribution < 1.29 is 9.63 Å². The third-order valence-electron chi connectivity index (χ3n) is 4.35. The predicted octanol–water partition coefficient (Wildman–Crippen LogP) is 1.50. The fraction of sp³-hybridized carbons (Fsp3) is 0.846. The molecule has 0 bridgehead atoms. The zero-order chi connectivity index (χ0) is 12.5. The van der Waals surface area contributed by atoms with E-state index in [-0.39, 0.29) is 6.10 Å². The summed E-state index contributed by atoms with van der Waals surface area (Å²) < 4.78 is 5.02. The first kappa shape index (κ1) is 12.1. The van der Waals surface area contributed by atoms with Gasteiger partial charge in [0.1, 0.15) is 0 Å². The first-order chi connectivity index (χ1) is 8.74. The van der Waals surface area contributed by atoms with Crippen LogP contribution in [0.25, 0.3) is 0 Å². The number of aliphatic hydroxyl groups is 1. The van der Waals surface area contributed by atoms with Crippen molar-refractivity contribution in [3.05, 3.63) is 11.7 Å². The Morgan fingerprint density at radius 2 is 2.22 bits per heavy atom. The van der Waals surface area contributed by atoms with Gasteiger partial charge < -0.3 is 9.63 Å². The molecule has 18 heavy (non-hydrogen) atoms. The number of nitrogens with zero attached hydrogens (tertiary/aromatic N) is 3. The minimum atomic E-state index is -0.109. The number of likely N-dealkylation sites (tertiary alicyclic amines) is 1. The standard InChI is InChI=1S/C13H21N3O2/c1-9-14-13(15-18-9)8-16-7-3-5-11(16)10-4-2-6-12(10)17/h10-12,17H,2-8H2,1H3. The van der Waals surface area contributed by atoms with E-state index in [9.17, 15) is 5.11 Å². The molecule has 0 spiro atoms. The summed E-state index contributed by atoms with van der Waals surface area (Å²) in [7, 11) is 0. The second-order valence-electron chi connectivity index (χ2n) is 5.57. The average Bonchev–Trinajstić information content (AvgIpc) is 3.02. The first-order valence-corrected chi connectivity index (χ1v) is 6.95. The third kappa shape index (κ3) is 2.29. The van der Waals surface area contributed by atoms with Gasteiger partial charge in [-0.05, 0) is 32.2 Å². The van der Waals surface area contributed by atoms with E-state index in [2.05, 4.69) is 15.0 Å². The molecule has 3 atom stereocenters. The van der Waals surface area contributed by atoms with Crippen LogP contribution in [0.5, 0.6) is 0 Å². The van der Waals surface area contributed by atoms with E-state index in [1.54, 1.807) is 0 Å². The molecule has 1 N–H and O–H groups in total. The van der Waals surface area contributed by atoms with Crippen molar-refractivity contribution in [1.29, 1.82) is 0 Å². The third-order valence-corrected chi connectivity index (χ3v) is 4.35. The topological polar surface area (TPSA) is 62.4 Å². The number of aryl methyl sites for hydroxylation is 1. The lowest BCUT2D eigenvalue weighted by molar-refractivity contribution is 0.0706. The number of aromatic nitrogens is 2. The minimum Gasteiger partial charge on any atom is -0.393 e. The SMILES string of the molecule is Cc1nc(CN2CCCC2C2CCCC2O)no1. The summed E-state index contributed by atoms with van der Waals surface area (Å²) in [5, 5.41) is 14.0. The van der Waals surface area contributed by atoms with Crippen LogP contribution in [0.2, 0.25) is 0 Å². The maximum atomic E-state index is 10.1. The van der Waals surface area contributed by atoms with Gasteiger partial charge in [0, 0.05) is 18.9 Å². The quantitative estimate of drug-likeness (QED) is 0.882. The molecule has 3 unspecified atom stereocenters. The number of aliphatic hydroxyl groups excluding tert-OH is 1. The van der Waals surface area contributed by atoms with Gasteiger partial charge in [0.25, 0.3) is 0 Å². The van der Waals surface area contributed by atoms with Crippen molar-refractivity contribution in [1.82, 2.24) is 15.0 Å². The van der Waals surface area contributed by atoms with Gasteiger partial charge in [0.15, 0.2) is 5.82 Å². The van der Waals surface area contributed by atoms with E-state index in [0.29, 0.717) is 17.9 Å². The Morgan fingerprint density at radius 3 is 2.89 bits per heavy atom. The highest BCUT2D eigenvalue weighted by Gasteiger charge is 2.38. The highest BCUT2D eigenvalue weighted by Crippen LogP contribution is 2.36. The predicted molar refractivity (Wildman–Crippen MR) is 65.8 cm³/mol. The highest BCUT2D eigenvalue weighted by atomic mass is 16.5. The molecular formula is C13H21N3O2. The molecule has 1 saturated carbocycles. The van der Waals surface area contributed by atoms with E-state index in [1.807, 2.05) is 6.92 Å². The minimum absolute atomic E-state index is 0.109. The van der Waals surface area contributed by atoms with Crippen LogP contribution in [-0.4, -0.2) is 38.8 Å². The summed E-state index contributed by atoms with van der Waals surface area (Å²) in [5.74, 6) is 1.84. The van der Waals surface area contributed by atoms with Crippen LogP contribution in [0.3, 0.4) is 0 Å². The Bertz CT molecular complexity index is 407. The fourth-order valence-electron chi connectivity index (χ4n) is 3.54. The zero-order valence-corrected chi connectivity index (χ0v) is 10.9.